The van der Waals surface area contributed by atoms with Gasteiger partial charge in [-0.25, -0.2) is 9.34 Å². The van der Waals surface area contributed by atoms with Crippen LogP contribution in [0.1, 0.15) is 29.9 Å². The molecule has 2 aromatic rings. The molecule has 0 saturated carbocycles. The van der Waals surface area contributed by atoms with E-state index in [9.17, 15) is 19.8 Å². The zero-order chi connectivity index (χ0) is 24.0. The topological polar surface area (TPSA) is 117 Å². The standard InChI is InChI=1S/C22H27N4O7P/c1-23(2)22(27)15-4-3-5-16(12-15)32-21-13-17-19(6-11-31-20(17)14-18(21)26(28)29)33-34(30,24-7-8-24)25-9-10-25/h3-5,12-14,19,22,27H,6-11H2,1-2H3/t19-,22?/m0/s1. The smallest absolute Gasteiger partial charge is 0.346 e. The van der Waals surface area contributed by atoms with E-state index >= 15 is 0 Å². The lowest BCUT2D eigenvalue weighted by Gasteiger charge is -2.30. The fraction of sp³-hybridized carbons (Fsp3) is 0.455. The van der Waals surface area contributed by atoms with Crippen molar-refractivity contribution in [2.24, 2.45) is 0 Å². The van der Waals surface area contributed by atoms with Crippen LogP contribution in [0.15, 0.2) is 36.4 Å². The number of nitro groups is 1. The second kappa shape index (κ2) is 8.92. The van der Waals surface area contributed by atoms with Crippen LogP contribution in [-0.4, -0.2) is 71.2 Å². The third-order valence-corrected chi connectivity index (χ3v) is 8.73. The van der Waals surface area contributed by atoms with Crippen molar-refractivity contribution in [3.63, 3.8) is 0 Å². The maximum Gasteiger partial charge on any atom is 0.346 e. The summed E-state index contributed by atoms with van der Waals surface area (Å²) in [7, 11) is 0.375. The molecule has 3 aliphatic rings. The molecule has 2 saturated heterocycles. The van der Waals surface area contributed by atoms with Crippen LogP contribution in [0.2, 0.25) is 0 Å². The number of fused-ring (bicyclic) bond motifs is 1. The molecule has 0 amide bonds. The van der Waals surface area contributed by atoms with E-state index in [1.54, 1.807) is 49.3 Å². The lowest BCUT2D eigenvalue weighted by atomic mass is 10.0. The second-order valence-corrected chi connectivity index (χ2v) is 11.1. The molecule has 0 spiro atoms. The first kappa shape index (κ1) is 23.2. The van der Waals surface area contributed by atoms with Crippen LogP contribution >= 0.6 is 7.67 Å². The molecule has 2 aromatic carbocycles. The van der Waals surface area contributed by atoms with Crippen molar-refractivity contribution in [2.75, 3.05) is 46.9 Å². The number of ether oxygens (including phenoxy) is 2. The molecule has 0 radical (unpaired) electrons. The molecule has 0 aromatic heterocycles. The number of aliphatic hydroxyl groups excluding tert-OH is 1. The first-order chi connectivity index (χ1) is 16.3. The summed E-state index contributed by atoms with van der Waals surface area (Å²) in [5.74, 6) is 0.692. The molecule has 0 aliphatic carbocycles. The molecule has 11 nitrogen and oxygen atoms in total. The monoisotopic (exact) mass is 490 g/mol. The first-order valence-electron chi connectivity index (χ1n) is 11.1. The van der Waals surface area contributed by atoms with Crippen LogP contribution in [0, 0.1) is 10.1 Å². The van der Waals surface area contributed by atoms with E-state index in [0.29, 0.717) is 35.7 Å². The fourth-order valence-corrected chi connectivity index (χ4v) is 6.31. The lowest BCUT2D eigenvalue weighted by molar-refractivity contribution is -0.385. The highest BCUT2D eigenvalue weighted by molar-refractivity contribution is 7.54. The number of nitro benzene ring substituents is 1. The normalized spacial score (nSPS) is 21.0. The van der Waals surface area contributed by atoms with Crippen LogP contribution in [0.3, 0.4) is 0 Å². The van der Waals surface area contributed by atoms with Gasteiger partial charge in [0.25, 0.3) is 0 Å². The molecule has 0 bridgehead atoms. The number of aliphatic hydroxyl groups is 1. The zero-order valence-electron chi connectivity index (χ0n) is 19.0. The summed E-state index contributed by atoms with van der Waals surface area (Å²) in [4.78, 5) is 12.9. The van der Waals surface area contributed by atoms with Crippen molar-refractivity contribution in [1.82, 2.24) is 14.2 Å². The second-order valence-electron chi connectivity index (χ2n) is 8.76. The summed E-state index contributed by atoms with van der Waals surface area (Å²) >= 11 is 0. The SMILES string of the molecule is CN(C)C(O)c1cccc(Oc2cc3c(cc2[N+](=O)[O-])OCC[C@@H]3OP(=O)(N2CC2)N2CC2)c1. The average molecular weight is 490 g/mol. The van der Waals surface area contributed by atoms with Gasteiger partial charge in [-0.2, -0.15) is 0 Å². The molecule has 182 valence electrons. The van der Waals surface area contributed by atoms with E-state index < -0.39 is 24.9 Å². The molecule has 12 heteroatoms. The summed E-state index contributed by atoms with van der Waals surface area (Å²) < 4.78 is 35.0. The minimum Gasteiger partial charge on any atom is -0.493 e. The van der Waals surface area contributed by atoms with Gasteiger partial charge in [0.2, 0.25) is 5.75 Å². The van der Waals surface area contributed by atoms with Gasteiger partial charge in [-0.05, 0) is 37.9 Å². The van der Waals surface area contributed by atoms with Crippen molar-refractivity contribution in [3.8, 4) is 17.2 Å². The lowest BCUT2D eigenvalue weighted by Crippen LogP contribution is -2.19. The Labute approximate surface area is 197 Å². The third-order valence-electron chi connectivity index (χ3n) is 5.97. The zero-order valence-corrected chi connectivity index (χ0v) is 19.9. The average Bonchev–Trinajstić information content (AvgIpc) is 3.71. The Hall–Kier alpha value is -2.53. The van der Waals surface area contributed by atoms with Gasteiger partial charge in [-0.1, -0.05) is 12.1 Å². The van der Waals surface area contributed by atoms with E-state index in [0.717, 1.165) is 26.2 Å². The van der Waals surface area contributed by atoms with Gasteiger partial charge in [0.15, 0.2) is 0 Å². The van der Waals surface area contributed by atoms with Crippen molar-refractivity contribution < 1.29 is 28.6 Å². The molecule has 5 rings (SSSR count). The minimum absolute atomic E-state index is 0.0210. The number of hydrogen-bond acceptors (Lipinski definition) is 8. The molecular weight excluding hydrogens is 463 g/mol. The van der Waals surface area contributed by atoms with E-state index in [2.05, 4.69) is 0 Å². The Morgan fingerprint density at radius 2 is 1.91 bits per heavy atom. The molecule has 2 fully saturated rings. The van der Waals surface area contributed by atoms with Crippen LogP contribution in [0.4, 0.5) is 5.69 Å². The summed E-state index contributed by atoms with van der Waals surface area (Å²) in [6.45, 7) is 3.22. The van der Waals surface area contributed by atoms with E-state index in [-0.39, 0.29) is 11.4 Å². The molecule has 34 heavy (non-hydrogen) atoms. The van der Waals surface area contributed by atoms with Gasteiger partial charge < -0.3 is 14.6 Å². The highest BCUT2D eigenvalue weighted by Gasteiger charge is 2.51. The van der Waals surface area contributed by atoms with Gasteiger partial charge in [0.1, 0.15) is 17.7 Å². The molecular formula is C22H27N4O7P. The largest absolute Gasteiger partial charge is 0.493 e. The minimum atomic E-state index is -3.10. The van der Waals surface area contributed by atoms with Crippen LogP contribution in [0.5, 0.6) is 17.2 Å². The Morgan fingerprint density at radius 3 is 2.53 bits per heavy atom. The van der Waals surface area contributed by atoms with E-state index in [1.807, 2.05) is 9.34 Å². The molecule has 3 heterocycles. The summed E-state index contributed by atoms with van der Waals surface area (Å²) in [5.41, 5.74) is 0.906. The summed E-state index contributed by atoms with van der Waals surface area (Å²) in [6.07, 6.45) is -0.918. The summed E-state index contributed by atoms with van der Waals surface area (Å²) in [6, 6.07) is 9.62. The van der Waals surface area contributed by atoms with Crippen molar-refractivity contribution >= 4 is 13.4 Å². The number of benzene rings is 2. The summed E-state index contributed by atoms with van der Waals surface area (Å²) in [5, 5.41) is 22.1. The van der Waals surface area contributed by atoms with E-state index in [1.165, 1.54) is 6.07 Å². The highest BCUT2D eigenvalue weighted by Crippen LogP contribution is 2.64. The van der Waals surface area contributed by atoms with Gasteiger partial charge in [-0.3, -0.25) is 24.1 Å². The number of hydrogen-bond donors (Lipinski definition) is 1. The predicted molar refractivity (Wildman–Crippen MR) is 123 cm³/mol. The van der Waals surface area contributed by atoms with E-state index in [4.69, 9.17) is 14.0 Å². The Morgan fingerprint density at radius 1 is 1.21 bits per heavy atom. The Kier molecular flexibility index (Phi) is 6.09. The molecule has 1 unspecified atom stereocenters. The quantitative estimate of drug-likeness (QED) is 0.184. The maximum absolute atomic E-state index is 13.5. The van der Waals surface area contributed by atoms with Crippen molar-refractivity contribution in [1.29, 1.82) is 0 Å². The molecule has 1 N–H and O–H groups in total. The maximum atomic E-state index is 13.5. The van der Waals surface area contributed by atoms with Crippen molar-refractivity contribution in [2.45, 2.75) is 18.8 Å². The molecule has 2 atom stereocenters. The highest BCUT2D eigenvalue weighted by atomic mass is 31.2. The third kappa shape index (κ3) is 4.55. The van der Waals surface area contributed by atoms with Gasteiger partial charge in [0, 0.05) is 38.2 Å². The van der Waals surface area contributed by atoms with Crippen LogP contribution in [0.25, 0.3) is 0 Å². The van der Waals surface area contributed by atoms with Gasteiger partial charge in [-0.15, -0.1) is 0 Å². The number of nitrogens with zero attached hydrogens (tertiary/aromatic N) is 4. The molecule has 3 aliphatic heterocycles. The van der Waals surface area contributed by atoms with Gasteiger partial charge >= 0.3 is 13.4 Å². The van der Waals surface area contributed by atoms with Crippen molar-refractivity contribution in [3.05, 3.63) is 57.6 Å². The van der Waals surface area contributed by atoms with Crippen LogP contribution in [-0.2, 0) is 9.09 Å². The van der Waals surface area contributed by atoms with Crippen LogP contribution < -0.4 is 9.47 Å². The predicted octanol–water partition coefficient (Wildman–Crippen LogP) is 3.52. The number of rotatable bonds is 9. The first-order valence-corrected chi connectivity index (χ1v) is 12.7. The Bertz CT molecular complexity index is 1140. The fourth-order valence-electron chi connectivity index (χ4n) is 3.94. The Balaban J connectivity index is 1.48. The van der Waals surface area contributed by atoms with Gasteiger partial charge in [0.05, 0.1) is 23.7 Å².